The minimum atomic E-state index is -1.04. The summed E-state index contributed by atoms with van der Waals surface area (Å²) in [5.41, 5.74) is 0. The largest absolute Gasteiger partial charge is 1.00 e. The van der Waals surface area contributed by atoms with Crippen LogP contribution in [0.25, 0.3) is 0 Å². The maximum atomic E-state index is 9.80. The van der Waals surface area contributed by atoms with Crippen molar-refractivity contribution < 1.29 is 61.3 Å². The van der Waals surface area contributed by atoms with Crippen LogP contribution in [-0.2, 0) is 0 Å². The standard InChI is InChI=1S/C4H7NO2.K/c6-4(7)5-2-1-3-5;/h1-3H2,(H,6,7);/q;+1/p-1. The second-order valence-corrected chi connectivity index (χ2v) is 1.61. The van der Waals surface area contributed by atoms with E-state index in [1.807, 2.05) is 0 Å². The van der Waals surface area contributed by atoms with E-state index in [-0.39, 0.29) is 51.4 Å². The van der Waals surface area contributed by atoms with E-state index >= 15 is 0 Å². The predicted molar refractivity (Wildman–Crippen MR) is 21.6 cm³/mol. The number of hydrogen-bond acceptors (Lipinski definition) is 2. The van der Waals surface area contributed by atoms with Crippen LogP contribution in [0.2, 0.25) is 0 Å². The van der Waals surface area contributed by atoms with Crippen LogP contribution in [0.1, 0.15) is 6.42 Å². The van der Waals surface area contributed by atoms with Crippen molar-refractivity contribution in [2.75, 3.05) is 13.1 Å². The zero-order valence-electron chi connectivity index (χ0n) is 4.89. The Balaban J connectivity index is 0.000000490. The molecular formula is C4H6KNO2. The second kappa shape index (κ2) is 3.84. The third kappa shape index (κ3) is 2.03. The molecule has 1 rings (SSSR count). The number of amides is 1. The Morgan fingerprint density at radius 3 is 2.00 bits per heavy atom. The van der Waals surface area contributed by atoms with Crippen molar-refractivity contribution in [2.24, 2.45) is 0 Å². The fourth-order valence-corrected chi connectivity index (χ4v) is 0.499. The van der Waals surface area contributed by atoms with Gasteiger partial charge in [-0.3, -0.25) is 0 Å². The number of likely N-dealkylation sites (tertiary alicyclic amines) is 1. The fraction of sp³-hybridized carbons (Fsp3) is 0.750. The molecule has 1 aliphatic heterocycles. The maximum Gasteiger partial charge on any atom is 1.00 e. The van der Waals surface area contributed by atoms with Gasteiger partial charge in [-0.15, -0.1) is 0 Å². The molecule has 0 aliphatic carbocycles. The van der Waals surface area contributed by atoms with Gasteiger partial charge in [0, 0.05) is 13.1 Å². The molecule has 1 amide bonds. The first-order chi connectivity index (χ1) is 3.30. The maximum absolute atomic E-state index is 9.80. The Morgan fingerprint density at radius 1 is 1.50 bits per heavy atom. The van der Waals surface area contributed by atoms with Gasteiger partial charge in [0.25, 0.3) is 0 Å². The summed E-state index contributed by atoms with van der Waals surface area (Å²) in [5, 5.41) is 9.80. The number of carboxylic acid groups (broad SMARTS) is 1. The summed E-state index contributed by atoms with van der Waals surface area (Å²) >= 11 is 0. The molecule has 1 aliphatic rings. The van der Waals surface area contributed by atoms with Crippen molar-refractivity contribution in [3.8, 4) is 0 Å². The smallest absolute Gasteiger partial charge is 0.530 e. The molecule has 1 fully saturated rings. The average Bonchev–Trinajstić information content (AvgIpc) is 1.23. The Morgan fingerprint density at radius 2 is 2.00 bits per heavy atom. The van der Waals surface area contributed by atoms with E-state index in [0.717, 1.165) is 6.42 Å². The Bertz CT molecular complexity index is 92.0. The molecule has 0 aromatic rings. The van der Waals surface area contributed by atoms with E-state index in [1.165, 1.54) is 4.90 Å². The van der Waals surface area contributed by atoms with Crippen LogP contribution in [0.4, 0.5) is 4.79 Å². The summed E-state index contributed by atoms with van der Waals surface area (Å²) in [5.74, 6) is 0. The molecule has 0 aromatic heterocycles. The predicted octanol–water partition coefficient (Wildman–Crippen LogP) is -3.96. The Labute approximate surface area is 90.5 Å². The van der Waals surface area contributed by atoms with Gasteiger partial charge in [0.1, 0.15) is 6.09 Å². The minimum Gasteiger partial charge on any atom is -0.530 e. The Kier molecular flexibility index (Phi) is 4.28. The summed E-state index contributed by atoms with van der Waals surface area (Å²) < 4.78 is 0. The van der Waals surface area contributed by atoms with Gasteiger partial charge in [-0.05, 0) is 6.42 Å². The second-order valence-electron chi connectivity index (χ2n) is 1.61. The van der Waals surface area contributed by atoms with Crippen LogP contribution in [0.15, 0.2) is 0 Å². The van der Waals surface area contributed by atoms with Crippen LogP contribution < -0.4 is 56.5 Å². The molecule has 0 saturated carbocycles. The SMILES string of the molecule is O=C([O-])N1CCC1.[K+]. The molecule has 3 nitrogen and oxygen atoms in total. The van der Waals surface area contributed by atoms with Crippen LogP contribution in [0, 0.1) is 0 Å². The first-order valence-electron chi connectivity index (χ1n) is 2.26. The van der Waals surface area contributed by atoms with Crippen molar-refractivity contribution in [1.82, 2.24) is 4.90 Å². The van der Waals surface area contributed by atoms with Gasteiger partial charge in [-0.25, -0.2) is 0 Å². The fourth-order valence-electron chi connectivity index (χ4n) is 0.499. The van der Waals surface area contributed by atoms with Gasteiger partial charge in [0.05, 0.1) is 0 Å². The van der Waals surface area contributed by atoms with E-state index in [1.54, 1.807) is 0 Å². The summed E-state index contributed by atoms with van der Waals surface area (Å²) in [7, 11) is 0. The van der Waals surface area contributed by atoms with E-state index in [2.05, 4.69) is 0 Å². The van der Waals surface area contributed by atoms with E-state index in [0.29, 0.717) is 13.1 Å². The van der Waals surface area contributed by atoms with Crippen LogP contribution >= 0.6 is 0 Å². The number of nitrogens with zero attached hydrogens (tertiary/aromatic N) is 1. The normalized spacial score (nSPS) is 16.2. The number of rotatable bonds is 0. The molecule has 0 radical (unpaired) electrons. The Hall–Kier alpha value is 0.906. The van der Waals surface area contributed by atoms with Gasteiger partial charge in [-0.2, -0.15) is 0 Å². The molecule has 0 spiro atoms. The third-order valence-electron chi connectivity index (χ3n) is 1.11. The number of carbonyl (C=O) groups is 1. The molecule has 40 valence electrons. The monoisotopic (exact) mass is 139 g/mol. The van der Waals surface area contributed by atoms with Crippen LogP contribution in [-0.4, -0.2) is 24.1 Å². The average molecular weight is 139 g/mol. The van der Waals surface area contributed by atoms with Crippen LogP contribution in [0.3, 0.4) is 0 Å². The first-order valence-corrected chi connectivity index (χ1v) is 2.26. The van der Waals surface area contributed by atoms with Crippen molar-refractivity contribution in [3.63, 3.8) is 0 Å². The molecule has 1 saturated heterocycles. The zero-order valence-corrected chi connectivity index (χ0v) is 8.01. The summed E-state index contributed by atoms with van der Waals surface area (Å²) in [6.07, 6.45) is -0.0419. The molecule has 0 unspecified atom stereocenters. The van der Waals surface area contributed by atoms with Gasteiger partial charge in [0.2, 0.25) is 0 Å². The quantitative estimate of drug-likeness (QED) is 0.321. The first kappa shape index (κ1) is 8.91. The van der Waals surface area contributed by atoms with Gasteiger partial charge in [-0.1, -0.05) is 0 Å². The van der Waals surface area contributed by atoms with Crippen molar-refractivity contribution in [3.05, 3.63) is 0 Å². The van der Waals surface area contributed by atoms with E-state index in [4.69, 9.17) is 0 Å². The van der Waals surface area contributed by atoms with Gasteiger partial charge >= 0.3 is 51.4 Å². The van der Waals surface area contributed by atoms with Gasteiger partial charge in [0.15, 0.2) is 0 Å². The van der Waals surface area contributed by atoms with Crippen molar-refractivity contribution in [2.45, 2.75) is 6.42 Å². The summed E-state index contributed by atoms with van der Waals surface area (Å²) in [6.45, 7) is 1.34. The molecule has 0 atom stereocenters. The molecule has 1 heterocycles. The number of hydrogen-bond donors (Lipinski definition) is 0. The molecular weight excluding hydrogens is 133 g/mol. The van der Waals surface area contributed by atoms with Gasteiger partial charge < -0.3 is 14.8 Å². The van der Waals surface area contributed by atoms with E-state index < -0.39 is 6.09 Å². The molecule has 0 N–H and O–H groups in total. The topological polar surface area (TPSA) is 43.4 Å². The summed E-state index contributed by atoms with van der Waals surface area (Å²) in [6, 6.07) is 0. The van der Waals surface area contributed by atoms with E-state index in [9.17, 15) is 9.90 Å². The molecule has 8 heavy (non-hydrogen) atoms. The molecule has 0 aromatic carbocycles. The number of carbonyl (C=O) groups excluding carboxylic acids is 1. The molecule has 0 bridgehead atoms. The van der Waals surface area contributed by atoms with Crippen LogP contribution in [0.5, 0.6) is 0 Å². The third-order valence-corrected chi connectivity index (χ3v) is 1.11. The van der Waals surface area contributed by atoms with Crippen molar-refractivity contribution >= 4 is 6.09 Å². The zero-order chi connectivity index (χ0) is 5.28. The summed E-state index contributed by atoms with van der Waals surface area (Å²) in [4.78, 5) is 11.1. The van der Waals surface area contributed by atoms with Crippen molar-refractivity contribution in [1.29, 1.82) is 0 Å². The minimum absolute atomic E-state index is 0. The molecule has 4 heteroatoms.